The number of aromatic nitrogens is 1. The van der Waals surface area contributed by atoms with Crippen LogP contribution in [-0.2, 0) is 6.18 Å². The molecule has 0 fully saturated rings. The van der Waals surface area contributed by atoms with Gasteiger partial charge in [-0.15, -0.1) is 0 Å². The molecule has 0 spiro atoms. The number of nitrogens with zero attached hydrogens (tertiary/aromatic N) is 1. The quantitative estimate of drug-likeness (QED) is 0.441. The van der Waals surface area contributed by atoms with E-state index in [9.17, 15) is 18.0 Å². The van der Waals surface area contributed by atoms with Crippen LogP contribution in [0.5, 0.6) is 0 Å². The molecule has 0 saturated heterocycles. The van der Waals surface area contributed by atoms with Gasteiger partial charge in [0.25, 0.3) is 0 Å². The van der Waals surface area contributed by atoms with Gasteiger partial charge in [-0.05, 0) is 53.3 Å². The summed E-state index contributed by atoms with van der Waals surface area (Å²) in [6.07, 6.45) is -2.22. The predicted molar refractivity (Wildman–Crippen MR) is 114 cm³/mol. The van der Waals surface area contributed by atoms with E-state index >= 15 is 0 Å². The second-order valence-electron chi connectivity index (χ2n) is 7.76. The molecular formula is C24H23F3N2O2. The molecule has 0 saturated carbocycles. The monoisotopic (exact) mass is 428 g/mol. The van der Waals surface area contributed by atoms with Crippen molar-refractivity contribution in [1.29, 1.82) is 0 Å². The smallest absolute Gasteiger partial charge is 0.416 e. The van der Waals surface area contributed by atoms with Crippen LogP contribution in [0.1, 0.15) is 47.8 Å². The highest BCUT2D eigenvalue weighted by atomic mass is 19.4. The van der Waals surface area contributed by atoms with E-state index in [0.29, 0.717) is 17.3 Å². The molecule has 2 aromatic carbocycles. The van der Waals surface area contributed by atoms with Crippen LogP contribution < -0.4 is 5.32 Å². The summed E-state index contributed by atoms with van der Waals surface area (Å²) in [4.78, 5) is 15.2. The van der Waals surface area contributed by atoms with Crippen molar-refractivity contribution >= 4 is 11.8 Å². The highest BCUT2D eigenvalue weighted by Crippen LogP contribution is 2.32. The van der Waals surface area contributed by atoms with Gasteiger partial charge < -0.3 is 10.4 Å². The normalized spacial score (nSPS) is 12.6. The second-order valence-corrected chi connectivity index (χ2v) is 7.76. The number of alkyl halides is 3. The number of carboxylic acids is 1. The maximum absolute atomic E-state index is 12.8. The molecule has 3 aromatic rings. The van der Waals surface area contributed by atoms with Crippen molar-refractivity contribution in [1.82, 2.24) is 4.98 Å². The molecule has 1 atom stereocenters. The van der Waals surface area contributed by atoms with Gasteiger partial charge in [0.1, 0.15) is 5.82 Å². The molecule has 0 bridgehead atoms. The van der Waals surface area contributed by atoms with Crippen LogP contribution in [0.15, 0.2) is 66.9 Å². The third kappa shape index (κ3) is 5.84. The number of anilines is 1. The van der Waals surface area contributed by atoms with Crippen LogP contribution in [0, 0.1) is 5.92 Å². The molecular weight excluding hydrogens is 405 g/mol. The van der Waals surface area contributed by atoms with Gasteiger partial charge in [0, 0.05) is 6.20 Å². The zero-order valence-corrected chi connectivity index (χ0v) is 17.1. The predicted octanol–water partition coefficient (Wildman–Crippen LogP) is 6.66. The number of carbonyl (C=O) groups is 1. The summed E-state index contributed by atoms with van der Waals surface area (Å²) in [5.74, 6) is -0.0653. The molecule has 3 rings (SSSR count). The Balaban J connectivity index is 1.79. The third-order valence-electron chi connectivity index (χ3n) is 4.90. The highest BCUT2D eigenvalue weighted by Gasteiger charge is 2.30. The number of hydrogen-bond acceptors (Lipinski definition) is 3. The standard InChI is InChI=1S/C24H23F3N2O2/c1-15(2)13-21(29-22-12-9-19(14-28-22)23(30)31)18-5-3-16(4-6-18)17-7-10-20(11-8-17)24(25,26)27/h3-12,14-15,21H,13H2,1-2H3,(H,28,29)(H,30,31). The lowest BCUT2D eigenvalue weighted by molar-refractivity contribution is -0.137. The Bertz CT molecular complexity index is 1010. The minimum Gasteiger partial charge on any atom is -0.478 e. The SMILES string of the molecule is CC(C)CC(Nc1ccc(C(=O)O)cn1)c1ccc(-c2ccc(C(F)(F)F)cc2)cc1. The van der Waals surface area contributed by atoms with Gasteiger partial charge in [0.05, 0.1) is 17.2 Å². The average molecular weight is 428 g/mol. The van der Waals surface area contributed by atoms with Crippen molar-refractivity contribution in [3.8, 4) is 11.1 Å². The summed E-state index contributed by atoms with van der Waals surface area (Å²) in [6, 6.07) is 15.8. The fourth-order valence-electron chi connectivity index (χ4n) is 3.29. The Morgan fingerprint density at radius 3 is 2.00 bits per heavy atom. The maximum atomic E-state index is 12.8. The summed E-state index contributed by atoms with van der Waals surface area (Å²) in [6.45, 7) is 4.21. The maximum Gasteiger partial charge on any atom is 0.416 e. The van der Waals surface area contributed by atoms with Gasteiger partial charge in [-0.3, -0.25) is 0 Å². The van der Waals surface area contributed by atoms with Crippen molar-refractivity contribution in [2.75, 3.05) is 5.32 Å². The van der Waals surface area contributed by atoms with Crippen molar-refractivity contribution in [3.05, 3.63) is 83.6 Å². The number of nitrogens with one attached hydrogen (secondary N) is 1. The summed E-state index contributed by atoms with van der Waals surface area (Å²) in [5, 5.41) is 12.4. The molecule has 0 aliphatic carbocycles. The van der Waals surface area contributed by atoms with Gasteiger partial charge in [-0.1, -0.05) is 50.2 Å². The van der Waals surface area contributed by atoms with Crippen LogP contribution in [-0.4, -0.2) is 16.1 Å². The number of carboxylic acid groups (broad SMARTS) is 1. The Morgan fingerprint density at radius 1 is 0.968 bits per heavy atom. The summed E-state index contributed by atoms with van der Waals surface area (Å²) >= 11 is 0. The third-order valence-corrected chi connectivity index (χ3v) is 4.90. The van der Waals surface area contributed by atoms with Gasteiger partial charge in [0.2, 0.25) is 0 Å². The molecule has 2 N–H and O–H groups in total. The van der Waals surface area contributed by atoms with E-state index in [1.54, 1.807) is 6.07 Å². The Morgan fingerprint density at radius 2 is 1.55 bits per heavy atom. The lowest BCUT2D eigenvalue weighted by Gasteiger charge is -2.22. The lowest BCUT2D eigenvalue weighted by Crippen LogP contribution is -2.14. The number of hydrogen-bond donors (Lipinski definition) is 2. The Hall–Kier alpha value is -3.35. The number of aromatic carboxylic acids is 1. The van der Waals surface area contributed by atoms with Crippen LogP contribution >= 0.6 is 0 Å². The molecule has 162 valence electrons. The number of pyridine rings is 1. The molecule has 1 heterocycles. The molecule has 0 aliphatic rings. The first kappa shape index (κ1) is 22.3. The first-order valence-corrected chi connectivity index (χ1v) is 9.87. The largest absolute Gasteiger partial charge is 0.478 e. The van der Waals surface area contributed by atoms with Crippen LogP contribution in [0.25, 0.3) is 11.1 Å². The summed E-state index contributed by atoms with van der Waals surface area (Å²) in [7, 11) is 0. The molecule has 7 heteroatoms. The Kier molecular flexibility index (Phi) is 6.63. The molecule has 1 unspecified atom stereocenters. The number of halogens is 3. The van der Waals surface area contributed by atoms with Gasteiger partial charge >= 0.3 is 12.1 Å². The topological polar surface area (TPSA) is 62.2 Å². The van der Waals surface area contributed by atoms with Gasteiger partial charge in [-0.2, -0.15) is 13.2 Å². The van der Waals surface area contributed by atoms with E-state index < -0.39 is 17.7 Å². The average Bonchev–Trinajstić information content (AvgIpc) is 2.73. The van der Waals surface area contributed by atoms with Crippen molar-refractivity contribution < 1.29 is 23.1 Å². The summed E-state index contributed by atoms with van der Waals surface area (Å²) in [5.41, 5.74) is 1.99. The van der Waals surface area contributed by atoms with Crippen molar-refractivity contribution in [3.63, 3.8) is 0 Å². The van der Waals surface area contributed by atoms with E-state index in [1.807, 2.05) is 24.3 Å². The number of rotatable bonds is 7. The van der Waals surface area contributed by atoms with E-state index in [1.165, 1.54) is 24.4 Å². The molecule has 4 nitrogen and oxygen atoms in total. The van der Waals surface area contributed by atoms with Crippen LogP contribution in [0.4, 0.5) is 19.0 Å². The molecule has 0 amide bonds. The van der Waals surface area contributed by atoms with Gasteiger partial charge in [-0.25, -0.2) is 9.78 Å². The zero-order valence-electron chi connectivity index (χ0n) is 17.1. The molecule has 1 aromatic heterocycles. The highest BCUT2D eigenvalue weighted by molar-refractivity contribution is 5.87. The van der Waals surface area contributed by atoms with Crippen molar-refractivity contribution in [2.45, 2.75) is 32.5 Å². The second kappa shape index (κ2) is 9.20. The van der Waals surface area contributed by atoms with E-state index in [4.69, 9.17) is 5.11 Å². The van der Waals surface area contributed by atoms with Crippen LogP contribution in [0.3, 0.4) is 0 Å². The molecule has 0 aliphatic heterocycles. The zero-order chi connectivity index (χ0) is 22.6. The lowest BCUT2D eigenvalue weighted by atomic mass is 9.95. The summed E-state index contributed by atoms with van der Waals surface area (Å²) < 4.78 is 38.3. The molecule has 31 heavy (non-hydrogen) atoms. The van der Waals surface area contributed by atoms with Crippen molar-refractivity contribution in [2.24, 2.45) is 5.92 Å². The van der Waals surface area contributed by atoms with E-state index in [-0.39, 0.29) is 11.6 Å². The first-order chi connectivity index (χ1) is 14.6. The first-order valence-electron chi connectivity index (χ1n) is 9.87. The van der Waals surface area contributed by atoms with E-state index in [0.717, 1.165) is 29.7 Å². The number of benzene rings is 2. The molecule has 0 radical (unpaired) electrons. The van der Waals surface area contributed by atoms with Crippen LogP contribution in [0.2, 0.25) is 0 Å². The van der Waals surface area contributed by atoms with E-state index in [2.05, 4.69) is 24.1 Å². The Labute approximate surface area is 178 Å². The fraction of sp³-hybridized carbons (Fsp3) is 0.250. The minimum absolute atomic E-state index is 0.0511. The fourth-order valence-corrected chi connectivity index (χ4v) is 3.29. The van der Waals surface area contributed by atoms with Gasteiger partial charge in [0.15, 0.2) is 0 Å². The minimum atomic E-state index is -4.35.